The zero-order valence-electron chi connectivity index (χ0n) is 70.4. The van der Waals surface area contributed by atoms with Gasteiger partial charge < -0.3 is 98.7 Å². The van der Waals surface area contributed by atoms with Gasteiger partial charge >= 0.3 is 88.8 Å². The maximum atomic E-state index is 13.2. The largest absolute Gasteiger partial charge is 1.00 e. The molecule has 5 aromatic heterocycles. The summed E-state index contributed by atoms with van der Waals surface area (Å²) in [7, 11) is 7.11. The summed E-state index contributed by atoms with van der Waals surface area (Å²) in [6.07, 6.45) is 13.8. The molecular weight excluding hydrogens is 1920 g/mol. The van der Waals surface area contributed by atoms with Gasteiger partial charge in [0.25, 0.3) is 20.0 Å². The second-order valence-electron chi connectivity index (χ2n) is 24.5. The van der Waals surface area contributed by atoms with Crippen LogP contribution in [0.2, 0.25) is 0 Å². The van der Waals surface area contributed by atoms with E-state index in [1.807, 2.05) is 67.0 Å². The van der Waals surface area contributed by atoms with E-state index in [0.29, 0.717) is 75.2 Å². The summed E-state index contributed by atoms with van der Waals surface area (Å²) in [4.78, 5) is 75.6. The van der Waals surface area contributed by atoms with Gasteiger partial charge in [0.1, 0.15) is 46.4 Å². The first-order chi connectivity index (χ1) is 56.9. The summed E-state index contributed by atoms with van der Waals surface area (Å²) >= 11 is 0. The third-order valence-electron chi connectivity index (χ3n) is 17.4. The molecule has 0 saturated carbocycles. The second kappa shape index (κ2) is 64.4. The number of aromatic amines is 3. The number of rotatable bonds is 29. The van der Waals surface area contributed by atoms with Gasteiger partial charge in [-0.1, -0.05) is 37.1 Å². The average Bonchev–Trinajstić information content (AvgIpc) is 1.61. The van der Waals surface area contributed by atoms with Gasteiger partial charge in [-0.15, -0.1) is 0 Å². The van der Waals surface area contributed by atoms with Gasteiger partial charge in [-0.25, -0.2) is 29.6 Å². The fourth-order valence-corrected chi connectivity index (χ4v) is 15.6. The predicted octanol–water partition coefficient (Wildman–Crippen LogP) is 14.4. The summed E-state index contributed by atoms with van der Waals surface area (Å²) < 4.78 is 148. The molecule has 0 amide bonds. The number of ether oxygens (including phenoxy) is 11. The van der Waals surface area contributed by atoms with Crippen molar-refractivity contribution < 1.29 is 240 Å². The number of carbonyl (C=O) groups is 6. The monoisotopic (exact) mass is 2040 g/mol. The van der Waals surface area contributed by atoms with E-state index in [1.54, 1.807) is 121 Å². The Labute approximate surface area is 848 Å². The molecule has 0 aliphatic heterocycles. The Bertz CT molecular complexity index is 5780. The van der Waals surface area contributed by atoms with Crippen molar-refractivity contribution in [1.29, 1.82) is 0 Å². The fraction of sp³-hybridized carbons (Fsp3) is 0.307. The fourth-order valence-electron chi connectivity index (χ4n) is 11.4. The number of aldehydes is 1. The van der Waals surface area contributed by atoms with Crippen LogP contribution in [0, 0.1) is 45.2 Å². The number of hydrogen-bond acceptors (Lipinski definition) is 27. The van der Waals surface area contributed by atoms with Crippen molar-refractivity contribution in [3.8, 4) is 40.2 Å². The van der Waals surface area contributed by atoms with E-state index in [9.17, 15) is 50.2 Å². The average molecular weight is 2040 g/mol. The third kappa shape index (κ3) is 38.0. The number of H-pyrrole nitrogens is 3. The first kappa shape index (κ1) is 129. The minimum absolute atomic E-state index is 0. The molecule has 7 aromatic carbocycles. The van der Waals surface area contributed by atoms with Crippen molar-refractivity contribution in [3.05, 3.63) is 212 Å². The molecular formula is C88H116ArClKN5O28PPdS3-2. The molecule has 712 valence electrons. The number of carboxylic acids is 1. The molecule has 129 heavy (non-hydrogen) atoms. The quantitative estimate of drug-likeness (QED) is 0.00389. The van der Waals surface area contributed by atoms with E-state index in [2.05, 4.69) is 39.8 Å². The normalized spacial score (nSPS) is 10.3. The molecule has 0 saturated heterocycles. The van der Waals surface area contributed by atoms with E-state index in [4.69, 9.17) is 60.8 Å². The Morgan fingerprint density at radius 1 is 0.473 bits per heavy atom. The summed E-state index contributed by atoms with van der Waals surface area (Å²) in [6, 6.07) is 39.6. The third-order valence-corrected chi connectivity index (χ3v) is 22.7. The number of esters is 4. The van der Waals surface area contributed by atoms with E-state index >= 15 is 0 Å². The van der Waals surface area contributed by atoms with Gasteiger partial charge in [0.15, 0.2) is 6.29 Å². The van der Waals surface area contributed by atoms with Crippen LogP contribution in [0.5, 0.6) is 40.2 Å². The molecule has 12 aromatic rings. The molecule has 33 nitrogen and oxygen atoms in total. The smallest absolute Gasteiger partial charge is 0.870 e. The number of nitrogens with zero attached hydrogens (tertiary/aromatic N) is 2. The molecule has 41 heteroatoms. The maximum absolute atomic E-state index is 13.2. The standard InChI is InChI=1S/C20H21NO6S.C19H19NO6S.C13H15NO3.C13H13NO3.C10H9NO2.C7H15O5P.5CH4.CH3.Ar.ClHO2S.K.H2O.Pd/c1-25-15-5-8-17(9-6-15)28(23,24)21-13-14(4-11-20(22)27-3)18-12-16(26-2)7-10-19(18)21;1-25-14-4-7-16(8-5-14)27(23,24)20-12-13(3-10-19(21)22)17-11-15(26-2)6-9-18(17)20;2*1-16-10-4-5-12-11(7-10)9(8-14-12)3-6-13(15)17-2;1-13-8-2-3-10-9(4-8)7(6-12)5-11-10;1-4-11-13(9,12-5-2)6-7(8)10-3;;;;;;;;1-4(2)3;;;/h5-10,12-13H,4,11H2,1-3H3;4-9,11-12H,3,10H2,1-2H3,(H,21,22);4-5,7-8,14H,3,6H2,1-2H3;3-8,14H,1-2H3;2-6,11H,1H3;4-6H2,1-3H3;5*1H4;1H3;;(H,2,3);;1H2;/q;;;;;;;;;;;-1;;;+1;;/p-2/b;;;6-3-;;;;;;;;;;;;;. The van der Waals surface area contributed by atoms with Gasteiger partial charge in [0.2, 0.25) is 0 Å². The number of fused-ring (bicyclic) bond motifs is 5. The van der Waals surface area contributed by atoms with E-state index in [-0.39, 0.29) is 226 Å². The number of carbonyl (C=O) groups excluding carboxylic acids is 5. The number of benzene rings is 7. The van der Waals surface area contributed by atoms with Gasteiger partial charge in [-0.3, -0.25) is 32.7 Å². The summed E-state index contributed by atoms with van der Waals surface area (Å²) in [6.45, 7) is 3.86. The van der Waals surface area contributed by atoms with Crippen LogP contribution in [0.15, 0.2) is 186 Å². The Kier molecular flexibility index (Phi) is 64.4. The maximum Gasteiger partial charge on any atom is 1.00 e. The van der Waals surface area contributed by atoms with Crippen LogP contribution in [0.3, 0.4) is 0 Å². The molecule has 12 rings (SSSR count). The van der Waals surface area contributed by atoms with Crippen LogP contribution in [0.4, 0.5) is 0 Å². The predicted molar refractivity (Wildman–Crippen MR) is 490 cm³/mol. The van der Waals surface area contributed by atoms with Crippen molar-refractivity contribution in [2.75, 3.05) is 97.6 Å². The van der Waals surface area contributed by atoms with Gasteiger partial charge in [-0.05, 0) is 206 Å². The molecule has 0 bridgehead atoms. The molecule has 1 atom stereocenters. The van der Waals surface area contributed by atoms with Crippen molar-refractivity contribution >= 4 is 145 Å². The van der Waals surface area contributed by atoms with E-state index in [0.717, 1.165) is 72.9 Å². The molecule has 1 unspecified atom stereocenters. The number of methoxy groups -OCH3 is 11. The van der Waals surface area contributed by atoms with Crippen molar-refractivity contribution in [2.24, 2.45) is 0 Å². The minimum Gasteiger partial charge on any atom is -0.870 e. The van der Waals surface area contributed by atoms with Crippen LogP contribution in [0.1, 0.15) is 103 Å². The topological polar surface area (TPSA) is 455 Å². The van der Waals surface area contributed by atoms with Crippen LogP contribution in [0.25, 0.3) is 60.6 Å². The number of carboxylic acid groups (broad SMARTS) is 1. The van der Waals surface area contributed by atoms with E-state index < -0.39 is 49.9 Å². The summed E-state index contributed by atoms with van der Waals surface area (Å²) in [5, 5.41) is 13.3. The van der Waals surface area contributed by atoms with Crippen molar-refractivity contribution in [3.63, 3.8) is 0 Å². The first-order valence-corrected chi connectivity index (χ1v) is 42.3. The van der Waals surface area contributed by atoms with Crippen molar-refractivity contribution in [1.82, 2.24) is 22.9 Å². The van der Waals surface area contributed by atoms with Crippen LogP contribution < -0.4 is 84.5 Å². The molecule has 5 heterocycles. The van der Waals surface area contributed by atoms with E-state index in [1.165, 1.54) is 94.3 Å². The Balaban J connectivity index is -0.000000476. The number of aromatic nitrogens is 5. The molecule has 0 radical (unpaired) electrons. The number of halogens is 1. The van der Waals surface area contributed by atoms with Gasteiger partial charge in [0, 0.05) is 179 Å². The molecule has 0 aliphatic carbocycles. The zero-order valence-corrected chi connectivity index (χ0v) is 79.9. The van der Waals surface area contributed by atoms with Crippen LogP contribution >= 0.6 is 18.3 Å². The first-order valence-electron chi connectivity index (χ1n) is 35.8. The zero-order chi connectivity index (χ0) is 87.6. The Morgan fingerprint density at radius 3 is 1.12 bits per heavy atom. The minimum atomic E-state index is -3.85. The second-order valence-corrected chi connectivity index (χ2v) is 31.3. The van der Waals surface area contributed by atoms with Crippen LogP contribution in [-0.2, 0) is 127 Å². The molecule has 0 fully saturated rings. The van der Waals surface area contributed by atoms with Gasteiger partial charge in [-0.2, -0.15) is 0 Å². The van der Waals surface area contributed by atoms with Crippen LogP contribution in [-0.4, -0.2) is 193 Å². The Hall–Kier alpha value is -8.43. The SMILES string of the molecule is C.C.C.C.C.CCOP(=O)(CC(=O)OC)OCC.COC(=O)/C=C\c1c[nH]c2ccc(OC)cc12.COC(=O)CCc1c[nH]c2ccc(OC)cc12.COC(=O)CCc1cn(S(=O)(=O)c2ccc(OC)cc2)c2ccc(OC)cc12.COc1ccc(S(=O)(=O)n2cc(CCC(=O)O)c3cc(OC)ccc32)cc1.COc1ccc2[nH]cc(C=O)c2c1.O=S([O-])Cl.[Ar].[CH3-].[K+].[OH-].[Pd]. The summed E-state index contributed by atoms with van der Waals surface area (Å²) in [5.74, 6) is 2.19. The van der Waals surface area contributed by atoms with Gasteiger partial charge in [0.05, 0.1) is 112 Å². The number of nitrogens with one attached hydrogen (secondary N) is 3. The number of aryl methyl sites for hydroxylation is 3. The molecule has 0 aliphatic rings. The summed E-state index contributed by atoms with van der Waals surface area (Å²) in [5.41, 5.74) is 8.00. The number of aliphatic carboxylic acids is 1. The molecule has 0 spiro atoms. The number of hydrogen-bond donors (Lipinski definition) is 4. The van der Waals surface area contributed by atoms with Crippen molar-refractivity contribution in [2.45, 2.75) is 99.3 Å². The molecule has 5 N–H and O–H groups in total. The Morgan fingerprint density at radius 2 is 0.783 bits per heavy atom.